The lowest BCUT2D eigenvalue weighted by Crippen LogP contribution is -2.35. The molecule has 7 nitrogen and oxygen atoms in total. The Labute approximate surface area is 122 Å². The smallest absolute Gasteiger partial charge is 0.248 e. The molecule has 1 saturated heterocycles. The van der Waals surface area contributed by atoms with Gasteiger partial charge in [0.2, 0.25) is 11.8 Å². The van der Waals surface area contributed by atoms with E-state index in [1.807, 2.05) is 0 Å². The number of ether oxygens (including phenoxy) is 2. The molecule has 0 aromatic heterocycles. The molecule has 114 valence electrons. The summed E-state index contributed by atoms with van der Waals surface area (Å²) in [7, 11) is 3.11. The maximum Gasteiger partial charge on any atom is 0.248 e. The summed E-state index contributed by atoms with van der Waals surface area (Å²) < 4.78 is 10.4. The van der Waals surface area contributed by atoms with Crippen molar-refractivity contribution in [2.24, 2.45) is 5.73 Å². The summed E-state index contributed by atoms with van der Waals surface area (Å²) in [6, 6.07) is 4.31. The summed E-state index contributed by atoms with van der Waals surface area (Å²) in [6.07, 6.45) is 0.625. The molecular formula is C14H19N3O4. The van der Waals surface area contributed by atoms with Gasteiger partial charge in [-0.15, -0.1) is 0 Å². The fourth-order valence-electron chi connectivity index (χ4n) is 2.26. The van der Waals surface area contributed by atoms with Gasteiger partial charge in [-0.2, -0.15) is 0 Å². The van der Waals surface area contributed by atoms with E-state index in [0.29, 0.717) is 30.0 Å². The average molecular weight is 293 g/mol. The first-order valence-electron chi connectivity index (χ1n) is 6.60. The maximum absolute atomic E-state index is 12.2. The van der Waals surface area contributed by atoms with Crippen molar-refractivity contribution in [3.8, 4) is 5.75 Å². The van der Waals surface area contributed by atoms with Crippen LogP contribution < -0.4 is 21.1 Å². The van der Waals surface area contributed by atoms with Crippen molar-refractivity contribution in [2.75, 3.05) is 26.1 Å². The van der Waals surface area contributed by atoms with Crippen LogP contribution in [-0.4, -0.2) is 44.7 Å². The highest BCUT2D eigenvalue weighted by molar-refractivity contribution is 5.99. The lowest BCUT2D eigenvalue weighted by Gasteiger charge is -2.14. The molecule has 0 bridgehead atoms. The van der Waals surface area contributed by atoms with Crippen LogP contribution in [0.15, 0.2) is 18.2 Å². The highest BCUT2D eigenvalue weighted by atomic mass is 16.5. The van der Waals surface area contributed by atoms with Crippen LogP contribution in [0.5, 0.6) is 5.75 Å². The molecule has 2 rings (SSSR count). The fourth-order valence-corrected chi connectivity index (χ4v) is 2.26. The van der Waals surface area contributed by atoms with Gasteiger partial charge in [0.05, 0.1) is 24.9 Å². The Bertz CT molecular complexity index is 547. The van der Waals surface area contributed by atoms with E-state index in [1.54, 1.807) is 19.2 Å². The Balaban J connectivity index is 2.12. The van der Waals surface area contributed by atoms with Crippen LogP contribution >= 0.6 is 0 Å². The molecule has 0 spiro atoms. The van der Waals surface area contributed by atoms with Crippen molar-refractivity contribution in [2.45, 2.75) is 18.6 Å². The Morgan fingerprint density at radius 3 is 2.71 bits per heavy atom. The van der Waals surface area contributed by atoms with Crippen LogP contribution in [0.25, 0.3) is 0 Å². The average Bonchev–Trinajstić information content (AvgIpc) is 2.96. The Morgan fingerprint density at radius 2 is 2.14 bits per heavy atom. The molecule has 0 aliphatic carbocycles. The third kappa shape index (κ3) is 3.50. The van der Waals surface area contributed by atoms with Crippen LogP contribution in [0.4, 0.5) is 5.69 Å². The van der Waals surface area contributed by atoms with Gasteiger partial charge in [-0.05, 0) is 24.6 Å². The molecule has 7 heteroatoms. The Morgan fingerprint density at radius 1 is 1.38 bits per heavy atom. The lowest BCUT2D eigenvalue weighted by atomic mass is 10.1. The number of amides is 2. The number of benzene rings is 1. The minimum absolute atomic E-state index is 0.0274. The van der Waals surface area contributed by atoms with Crippen molar-refractivity contribution in [1.82, 2.24) is 5.32 Å². The predicted octanol–water partition coefficient (Wildman–Crippen LogP) is 0.110. The second-order valence-corrected chi connectivity index (χ2v) is 4.82. The minimum Gasteiger partial charge on any atom is -0.495 e. The number of hydrogen-bond donors (Lipinski definition) is 3. The fraction of sp³-hybridized carbons (Fsp3) is 0.429. The van der Waals surface area contributed by atoms with Crippen LogP contribution in [0.3, 0.4) is 0 Å². The molecule has 2 atom stereocenters. The van der Waals surface area contributed by atoms with E-state index in [2.05, 4.69) is 10.6 Å². The van der Waals surface area contributed by atoms with E-state index in [-0.39, 0.29) is 18.1 Å². The van der Waals surface area contributed by atoms with Crippen molar-refractivity contribution in [3.05, 3.63) is 23.8 Å². The van der Waals surface area contributed by atoms with Gasteiger partial charge in [-0.3, -0.25) is 9.59 Å². The van der Waals surface area contributed by atoms with Gasteiger partial charge in [-0.1, -0.05) is 0 Å². The summed E-state index contributed by atoms with van der Waals surface area (Å²) >= 11 is 0. The topological polar surface area (TPSA) is 103 Å². The molecule has 1 aromatic rings. The molecule has 2 unspecified atom stereocenters. The van der Waals surface area contributed by atoms with Crippen LogP contribution in [0.1, 0.15) is 16.8 Å². The maximum atomic E-state index is 12.2. The minimum atomic E-state index is -0.563. The molecular weight excluding hydrogens is 274 g/mol. The van der Waals surface area contributed by atoms with Gasteiger partial charge >= 0.3 is 0 Å². The van der Waals surface area contributed by atoms with E-state index < -0.39 is 5.91 Å². The van der Waals surface area contributed by atoms with Gasteiger partial charge < -0.3 is 25.8 Å². The number of anilines is 1. The number of carbonyl (C=O) groups is 2. The standard InChI is InChI=1S/C14H19N3O4/c1-20-9-6-11(16-7-9)14(19)17-10-5-8(13(15)18)3-4-12(10)21-2/h3-5,9,11,16H,6-7H2,1-2H3,(H2,15,18)(H,17,19). The Hall–Kier alpha value is -2.12. The molecule has 1 heterocycles. The molecule has 0 radical (unpaired) electrons. The zero-order valence-electron chi connectivity index (χ0n) is 12.0. The largest absolute Gasteiger partial charge is 0.495 e. The van der Waals surface area contributed by atoms with E-state index >= 15 is 0 Å². The number of nitrogens with two attached hydrogens (primary N) is 1. The van der Waals surface area contributed by atoms with Crippen LogP contribution in [0, 0.1) is 0 Å². The molecule has 0 saturated carbocycles. The van der Waals surface area contributed by atoms with Gasteiger partial charge in [0, 0.05) is 19.2 Å². The second kappa shape index (κ2) is 6.55. The summed E-state index contributed by atoms with van der Waals surface area (Å²) in [4.78, 5) is 23.4. The Kier molecular flexibility index (Phi) is 4.77. The highest BCUT2D eigenvalue weighted by Gasteiger charge is 2.29. The summed E-state index contributed by atoms with van der Waals surface area (Å²) in [5, 5.41) is 5.84. The monoisotopic (exact) mass is 293 g/mol. The van der Waals surface area contributed by atoms with Crippen molar-refractivity contribution in [1.29, 1.82) is 0 Å². The molecule has 2 amide bonds. The number of primary amides is 1. The lowest BCUT2D eigenvalue weighted by molar-refractivity contribution is -0.118. The number of nitrogens with one attached hydrogen (secondary N) is 2. The SMILES string of the molecule is COc1ccc(C(N)=O)cc1NC(=O)C1CC(OC)CN1. The van der Waals surface area contributed by atoms with E-state index in [4.69, 9.17) is 15.2 Å². The zero-order chi connectivity index (χ0) is 15.4. The first-order chi connectivity index (χ1) is 10.0. The predicted molar refractivity (Wildman–Crippen MR) is 77.3 cm³/mol. The number of methoxy groups -OCH3 is 2. The highest BCUT2D eigenvalue weighted by Crippen LogP contribution is 2.26. The molecule has 1 aliphatic rings. The number of rotatable bonds is 5. The van der Waals surface area contributed by atoms with Gasteiger partial charge in [0.1, 0.15) is 5.75 Å². The molecule has 1 aliphatic heterocycles. The van der Waals surface area contributed by atoms with Gasteiger partial charge in [0.15, 0.2) is 0 Å². The quantitative estimate of drug-likeness (QED) is 0.715. The van der Waals surface area contributed by atoms with E-state index in [9.17, 15) is 9.59 Å². The summed E-state index contributed by atoms with van der Waals surface area (Å²) in [6.45, 7) is 0.632. The normalized spacial score (nSPS) is 21.0. The first kappa shape index (κ1) is 15.3. The molecule has 1 fully saturated rings. The molecule has 21 heavy (non-hydrogen) atoms. The van der Waals surface area contributed by atoms with E-state index in [1.165, 1.54) is 13.2 Å². The van der Waals surface area contributed by atoms with Crippen molar-refractivity contribution >= 4 is 17.5 Å². The number of hydrogen-bond acceptors (Lipinski definition) is 5. The molecule has 4 N–H and O–H groups in total. The third-order valence-corrected chi connectivity index (χ3v) is 3.48. The summed E-state index contributed by atoms with van der Waals surface area (Å²) in [5.74, 6) is -0.296. The van der Waals surface area contributed by atoms with Crippen LogP contribution in [0.2, 0.25) is 0 Å². The van der Waals surface area contributed by atoms with Gasteiger partial charge in [-0.25, -0.2) is 0 Å². The third-order valence-electron chi connectivity index (χ3n) is 3.48. The second-order valence-electron chi connectivity index (χ2n) is 4.82. The first-order valence-corrected chi connectivity index (χ1v) is 6.60. The summed E-state index contributed by atoms with van der Waals surface area (Å²) in [5.41, 5.74) is 5.97. The van der Waals surface area contributed by atoms with E-state index in [0.717, 1.165) is 0 Å². The zero-order valence-corrected chi connectivity index (χ0v) is 12.0. The molecule has 1 aromatic carbocycles. The van der Waals surface area contributed by atoms with Gasteiger partial charge in [0.25, 0.3) is 0 Å². The van der Waals surface area contributed by atoms with Crippen LogP contribution in [-0.2, 0) is 9.53 Å². The van der Waals surface area contributed by atoms with Crippen molar-refractivity contribution in [3.63, 3.8) is 0 Å². The van der Waals surface area contributed by atoms with Crippen molar-refractivity contribution < 1.29 is 19.1 Å². The number of carbonyl (C=O) groups excluding carboxylic acids is 2.